The van der Waals surface area contributed by atoms with Crippen molar-refractivity contribution in [3.8, 4) is 6.07 Å². The molecule has 2 aliphatic rings. The molecule has 1 aliphatic carbocycles. The fourth-order valence-corrected chi connectivity index (χ4v) is 3.36. The third-order valence-electron chi connectivity index (χ3n) is 4.36. The largest absolute Gasteiger partial charge is 0.396 e. The normalized spacial score (nSPS) is 30.2. The molecule has 1 saturated carbocycles. The molecule has 18 heavy (non-hydrogen) atoms. The molecule has 1 heterocycles. The van der Waals surface area contributed by atoms with Crippen molar-refractivity contribution in [1.29, 1.82) is 5.26 Å². The van der Waals surface area contributed by atoms with E-state index in [2.05, 4.69) is 11.0 Å². The number of nitrogens with zero attached hydrogens (tertiary/aromatic N) is 2. The molecule has 3 unspecified atom stereocenters. The lowest BCUT2D eigenvalue weighted by Crippen LogP contribution is -2.25. The minimum Gasteiger partial charge on any atom is -0.396 e. The first-order valence-corrected chi connectivity index (χ1v) is 6.42. The van der Waals surface area contributed by atoms with E-state index in [9.17, 15) is 5.11 Å². The molecule has 1 aromatic rings. The molecular formula is C14H17N3O. The number of para-hydroxylation sites is 1. The highest BCUT2D eigenvalue weighted by molar-refractivity contribution is 5.74. The number of hydrogen-bond acceptors (Lipinski definition) is 4. The number of hydrogen-bond donors (Lipinski definition) is 2. The Hall–Kier alpha value is -1.73. The van der Waals surface area contributed by atoms with Crippen LogP contribution in [0.3, 0.4) is 0 Å². The van der Waals surface area contributed by atoms with E-state index in [4.69, 9.17) is 11.0 Å². The molecule has 4 heteroatoms. The number of benzene rings is 1. The summed E-state index contributed by atoms with van der Waals surface area (Å²) in [4.78, 5) is 2.22. The van der Waals surface area contributed by atoms with Crippen LogP contribution >= 0.6 is 0 Å². The highest BCUT2D eigenvalue weighted by atomic mass is 16.3. The van der Waals surface area contributed by atoms with E-state index in [0.717, 1.165) is 31.6 Å². The summed E-state index contributed by atoms with van der Waals surface area (Å²) in [6.45, 7) is 1.80. The summed E-state index contributed by atoms with van der Waals surface area (Å²) in [5, 5.41) is 18.9. The van der Waals surface area contributed by atoms with Gasteiger partial charge in [-0.1, -0.05) is 6.07 Å². The summed E-state index contributed by atoms with van der Waals surface area (Å²) in [7, 11) is 0. The van der Waals surface area contributed by atoms with Gasteiger partial charge in [-0.15, -0.1) is 0 Å². The Morgan fingerprint density at radius 3 is 2.89 bits per heavy atom. The van der Waals surface area contributed by atoms with Crippen LogP contribution < -0.4 is 10.6 Å². The van der Waals surface area contributed by atoms with Crippen molar-refractivity contribution in [2.24, 2.45) is 11.8 Å². The minimum atomic E-state index is -0.166. The fourth-order valence-electron chi connectivity index (χ4n) is 3.36. The molecule has 4 nitrogen and oxygen atoms in total. The number of nitrogens with two attached hydrogens (primary N) is 1. The summed E-state index contributed by atoms with van der Waals surface area (Å²) in [5.41, 5.74) is 8.07. The number of aliphatic hydroxyl groups excluding tert-OH is 1. The Kier molecular flexibility index (Phi) is 2.64. The lowest BCUT2D eigenvalue weighted by atomic mass is 10.00. The summed E-state index contributed by atoms with van der Waals surface area (Å²) < 4.78 is 0. The quantitative estimate of drug-likeness (QED) is 0.730. The summed E-state index contributed by atoms with van der Waals surface area (Å²) in [5.74, 6) is 0.945. The number of anilines is 2. The van der Waals surface area contributed by atoms with Gasteiger partial charge in [-0.2, -0.15) is 5.26 Å². The maximum atomic E-state index is 9.92. The first-order valence-electron chi connectivity index (χ1n) is 6.42. The fraction of sp³-hybridized carbons (Fsp3) is 0.500. The lowest BCUT2D eigenvalue weighted by molar-refractivity contribution is 0.133. The van der Waals surface area contributed by atoms with Crippen molar-refractivity contribution in [2.75, 3.05) is 23.7 Å². The van der Waals surface area contributed by atoms with Crippen molar-refractivity contribution in [2.45, 2.75) is 18.9 Å². The van der Waals surface area contributed by atoms with Crippen molar-refractivity contribution in [1.82, 2.24) is 0 Å². The Morgan fingerprint density at radius 2 is 2.17 bits per heavy atom. The van der Waals surface area contributed by atoms with E-state index >= 15 is 0 Å². The van der Waals surface area contributed by atoms with Crippen LogP contribution in [0.5, 0.6) is 0 Å². The SMILES string of the molecule is N#Cc1cccc(N2CC3CCC(O)C3C2)c1N. The van der Waals surface area contributed by atoms with Crippen molar-refractivity contribution in [3.63, 3.8) is 0 Å². The average molecular weight is 243 g/mol. The molecule has 1 aliphatic heterocycles. The lowest BCUT2D eigenvalue weighted by Gasteiger charge is -2.22. The number of rotatable bonds is 1. The van der Waals surface area contributed by atoms with Gasteiger partial charge in [0.1, 0.15) is 6.07 Å². The van der Waals surface area contributed by atoms with Crippen molar-refractivity contribution >= 4 is 11.4 Å². The third kappa shape index (κ3) is 1.63. The molecule has 3 rings (SSSR count). The Bertz CT molecular complexity index is 508. The Balaban J connectivity index is 1.88. The smallest absolute Gasteiger partial charge is 0.101 e. The van der Waals surface area contributed by atoms with Gasteiger partial charge in [0, 0.05) is 19.0 Å². The van der Waals surface area contributed by atoms with Crippen LogP contribution in [0.25, 0.3) is 0 Å². The minimum absolute atomic E-state index is 0.166. The van der Waals surface area contributed by atoms with Crippen molar-refractivity contribution < 1.29 is 5.11 Å². The van der Waals surface area contributed by atoms with Crippen LogP contribution in [-0.2, 0) is 0 Å². The van der Waals surface area contributed by atoms with Gasteiger partial charge >= 0.3 is 0 Å². The molecule has 0 bridgehead atoms. The predicted octanol–water partition coefficient (Wildman–Crippen LogP) is 1.35. The highest BCUT2D eigenvalue weighted by Crippen LogP contribution is 2.41. The molecule has 1 saturated heterocycles. The van der Waals surface area contributed by atoms with Crippen LogP contribution in [0.1, 0.15) is 18.4 Å². The molecule has 0 amide bonds. The molecule has 0 radical (unpaired) electrons. The molecular weight excluding hydrogens is 226 g/mol. The van der Waals surface area contributed by atoms with Gasteiger partial charge in [0.15, 0.2) is 0 Å². The van der Waals surface area contributed by atoms with Gasteiger partial charge in [0.2, 0.25) is 0 Å². The maximum Gasteiger partial charge on any atom is 0.101 e. The van der Waals surface area contributed by atoms with Crippen LogP contribution in [0.15, 0.2) is 18.2 Å². The van der Waals surface area contributed by atoms with Crippen LogP contribution in [-0.4, -0.2) is 24.3 Å². The molecule has 3 atom stereocenters. The van der Waals surface area contributed by atoms with Crippen LogP contribution in [0.2, 0.25) is 0 Å². The molecule has 3 N–H and O–H groups in total. The maximum absolute atomic E-state index is 9.92. The van der Waals surface area contributed by atoms with E-state index in [0.29, 0.717) is 23.1 Å². The molecule has 2 fully saturated rings. The van der Waals surface area contributed by atoms with E-state index in [1.54, 1.807) is 6.07 Å². The zero-order valence-corrected chi connectivity index (χ0v) is 10.2. The molecule has 0 spiro atoms. The molecule has 94 valence electrons. The van der Waals surface area contributed by atoms with E-state index in [1.807, 2.05) is 12.1 Å². The average Bonchev–Trinajstić information content (AvgIpc) is 2.92. The number of aliphatic hydroxyl groups is 1. The van der Waals surface area contributed by atoms with Gasteiger partial charge in [-0.05, 0) is 30.9 Å². The molecule has 0 aromatic heterocycles. The zero-order chi connectivity index (χ0) is 12.7. The monoisotopic (exact) mass is 243 g/mol. The summed E-state index contributed by atoms with van der Waals surface area (Å²) in [6.07, 6.45) is 1.86. The van der Waals surface area contributed by atoms with Gasteiger partial charge in [-0.25, -0.2) is 0 Å². The number of nitriles is 1. The van der Waals surface area contributed by atoms with Crippen LogP contribution in [0.4, 0.5) is 11.4 Å². The summed E-state index contributed by atoms with van der Waals surface area (Å²) >= 11 is 0. The second-order valence-electron chi connectivity index (χ2n) is 5.32. The van der Waals surface area contributed by atoms with E-state index in [-0.39, 0.29) is 6.10 Å². The first kappa shape index (κ1) is 11.4. The second-order valence-corrected chi connectivity index (χ2v) is 5.32. The first-order chi connectivity index (χ1) is 8.70. The van der Waals surface area contributed by atoms with Gasteiger partial charge in [0.05, 0.1) is 23.0 Å². The van der Waals surface area contributed by atoms with Gasteiger partial charge in [0.25, 0.3) is 0 Å². The van der Waals surface area contributed by atoms with E-state index < -0.39 is 0 Å². The van der Waals surface area contributed by atoms with E-state index in [1.165, 1.54) is 0 Å². The van der Waals surface area contributed by atoms with Crippen LogP contribution in [0, 0.1) is 23.2 Å². The summed E-state index contributed by atoms with van der Waals surface area (Å²) in [6, 6.07) is 7.69. The van der Waals surface area contributed by atoms with Crippen molar-refractivity contribution in [3.05, 3.63) is 23.8 Å². The standard InChI is InChI=1S/C14H17N3O/c15-6-9-2-1-3-12(14(9)16)17-7-10-4-5-13(18)11(10)8-17/h1-3,10-11,13,18H,4-5,7-8,16H2. The number of fused-ring (bicyclic) bond motifs is 1. The topological polar surface area (TPSA) is 73.3 Å². The molecule has 1 aromatic carbocycles. The van der Waals surface area contributed by atoms with Gasteiger partial charge in [-0.3, -0.25) is 0 Å². The Morgan fingerprint density at radius 1 is 1.33 bits per heavy atom. The Labute approximate surface area is 107 Å². The number of nitrogen functional groups attached to an aromatic ring is 1. The predicted molar refractivity (Wildman–Crippen MR) is 70.0 cm³/mol. The third-order valence-corrected chi connectivity index (χ3v) is 4.36. The zero-order valence-electron chi connectivity index (χ0n) is 10.2. The van der Waals surface area contributed by atoms with Gasteiger partial charge < -0.3 is 15.7 Å². The highest BCUT2D eigenvalue weighted by Gasteiger charge is 2.42. The second kappa shape index (κ2) is 4.18.